The molecule has 1 atom stereocenters. The lowest BCUT2D eigenvalue weighted by Gasteiger charge is -2.12. The maximum Gasteiger partial charge on any atom is 0.261 e. The molecule has 0 spiro atoms. The number of carbonyl (C=O) groups excluding carboxylic acids is 1. The molecular weight excluding hydrogens is 343 g/mol. The maximum absolute atomic E-state index is 13.6. The van der Waals surface area contributed by atoms with Crippen LogP contribution in [-0.2, 0) is 14.8 Å². The van der Waals surface area contributed by atoms with Gasteiger partial charge in [0, 0.05) is 6.92 Å². The zero-order valence-corrected chi connectivity index (χ0v) is 15.2. The van der Waals surface area contributed by atoms with E-state index >= 15 is 0 Å². The average Bonchev–Trinajstić information content (AvgIpc) is 2.56. The Morgan fingerprint density at radius 2 is 1.80 bits per heavy atom. The number of halogens is 1. The van der Waals surface area contributed by atoms with Crippen LogP contribution >= 0.6 is 0 Å². The van der Waals surface area contributed by atoms with Crippen molar-refractivity contribution in [1.29, 1.82) is 0 Å². The zero-order chi connectivity index (χ0) is 18.6. The molecule has 0 fully saturated rings. The van der Waals surface area contributed by atoms with Crippen LogP contribution in [0.4, 0.5) is 15.8 Å². The second-order valence-electron chi connectivity index (χ2n) is 5.86. The summed E-state index contributed by atoms with van der Waals surface area (Å²) < 4.78 is 41.0. The number of anilines is 2. The molecule has 0 heterocycles. The fourth-order valence-electron chi connectivity index (χ4n) is 2.30. The molecule has 1 amide bonds. The summed E-state index contributed by atoms with van der Waals surface area (Å²) in [6.07, 6.45) is 0.964. The Morgan fingerprint density at radius 1 is 1.16 bits per heavy atom. The Balaban J connectivity index is 2.25. The third kappa shape index (κ3) is 4.79. The molecule has 25 heavy (non-hydrogen) atoms. The van der Waals surface area contributed by atoms with Crippen molar-refractivity contribution < 1.29 is 17.6 Å². The number of hydrogen-bond acceptors (Lipinski definition) is 3. The van der Waals surface area contributed by atoms with Gasteiger partial charge in [-0.05, 0) is 48.2 Å². The summed E-state index contributed by atoms with van der Waals surface area (Å²) in [5, 5.41) is 2.32. The van der Waals surface area contributed by atoms with E-state index < -0.39 is 21.7 Å². The summed E-state index contributed by atoms with van der Waals surface area (Å²) in [4.78, 5) is 11.2. The molecule has 0 aliphatic heterocycles. The Bertz CT molecular complexity index is 864. The lowest BCUT2D eigenvalue weighted by molar-refractivity contribution is -0.114. The normalized spacial score (nSPS) is 12.5. The number of hydrogen-bond donors (Lipinski definition) is 2. The molecule has 134 valence electrons. The molecule has 0 saturated heterocycles. The van der Waals surface area contributed by atoms with Crippen molar-refractivity contribution in [2.24, 2.45) is 0 Å². The quantitative estimate of drug-likeness (QED) is 0.810. The fourth-order valence-corrected chi connectivity index (χ4v) is 3.35. The maximum atomic E-state index is 13.6. The van der Waals surface area contributed by atoms with E-state index in [4.69, 9.17) is 0 Å². The van der Waals surface area contributed by atoms with Crippen molar-refractivity contribution in [3.05, 3.63) is 53.8 Å². The van der Waals surface area contributed by atoms with Gasteiger partial charge >= 0.3 is 0 Å². The first-order chi connectivity index (χ1) is 11.7. The van der Waals surface area contributed by atoms with Gasteiger partial charge in [0.2, 0.25) is 5.91 Å². The minimum Gasteiger partial charge on any atom is -0.324 e. The highest BCUT2D eigenvalue weighted by atomic mass is 32.2. The van der Waals surface area contributed by atoms with E-state index in [0.717, 1.165) is 18.1 Å². The van der Waals surface area contributed by atoms with Gasteiger partial charge in [-0.1, -0.05) is 26.0 Å². The summed E-state index contributed by atoms with van der Waals surface area (Å²) >= 11 is 0. The Hall–Kier alpha value is -2.41. The van der Waals surface area contributed by atoms with E-state index in [-0.39, 0.29) is 16.3 Å². The first kappa shape index (κ1) is 18.9. The molecule has 2 aromatic carbocycles. The molecule has 0 saturated carbocycles. The monoisotopic (exact) mass is 364 g/mol. The minimum absolute atomic E-state index is 0.0835. The third-order valence-corrected chi connectivity index (χ3v) is 5.30. The Labute approximate surface area is 147 Å². The van der Waals surface area contributed by atoms with Crippen molar-refractivity contribution in [1.82, 2.24) is 0 Å². The molecule has 7 heteroatoms. The van der Waals surface area contributed by atoms with E-state index in [1.165, 1.54) is 19.1 Å². The molecule has 0 bridgehead atoms. The predicted molar refractivity (Wildman–Crippen MR) is 96.7 cm³/mol. The molecule has 0 aliphatic carbocycles. The van der Waals surface area contributed by atoms with Gasteiger partial charge in [0.25, 0.3) is 10.0 Å². The van der Waals surface area contributed by atoms with Crippen LogP contribution in [-0.4, -0.2) is 14.3 Å². The summed E-state index contributed by atoms with van der Waals surface area (Å²) in [7, 11) is -3.81. The van der Waals surface area contributed by atoms with Crippen LogP contribution in [0.3, 0.4) is 0 Å². The second kappa shape index (κ2) is 7.65. The van der Waals surface area contributed by atoms with Crippen molar-refractivity contribution >= 4 is 27.3 Å². The molecule has 0 aromatic heterocycles. The number of benzene rings is 2. The topological polar surface area (TPSA) is 75.3 Å². The predicted octanol–water partition coefficient (Wildman–Crippen LogP) is 4.10. The van der Waals surface area contributed by atoms with Gasteiger partial charge in [0.1, 0.15) is 5.82 Å². The van der Waals surface area contributed by atoms with E-state index in [9.17, 15) is 17.6 Å². The van der Waals surface area contributed by atoms with E-state index in [2.05, 4.69) is 23.9 Å². The lowest BCUT2D eigenvalue weighted by Crippen LogP contribution is -2.14. The number of amides is 1. The van der Waals surface area contributed by atoms with Crippen molar-refractivity contribution in [2.45, 2.75) is 38.0 Å². The van der Waals surface area contributed by atoms with Crippen LogP contribution in [0.15, 0.2) is 47.4 Å². The third-order valence-electron chi connectivity index (χ3n) is 3.90. The van der Waals surface area contributed by atoms with Crippen molar-refractivity contribution in [3.8, 4) is 0 Å². The molecular formula is C18H21FN2O3S. The highest BCUT2D eigenvalue weighted by Gasteiger charge is 2.16. The second-order valence-corrected chi connectivity index (χ2v) is 7.54. The summed E-state index contributed by atoms with van der Waals surface area (Å²) in [5.74, 6) is -0.738. The standard InChI is InChI=1S/C18H21FN2O3S/c1-4-12(2)14-5-8-16(9-6-14)25(23,24)21-15-7-10-17(19)18(11-15)20-13(3)22/h5-12,21H,4H2,1-3H3,(H,20,22)/t12-/m0/s1. The van der Waals surface area contributed by atoms with Crippen LogP contribution in [0, 0.1) is 5.82 Å². The minimum atomic E-state index is -3.81. The van der Waals surface area contributed by atoms with Gasteiger partial charge in [-0.25, -0.2) is 12.8 Å². The van der Waals surface area contributed by atoms with Crippen LogP contribution in [0.1, 0.15) is 38.7 Å². The van der Waals surface area contributed by atoms with E-state index in [1.54, 1.807) is 24.3 Å². The first-order valence-corrected chi connectivity index (χ1v) is 9.41. The Kier molecular flexibility index (Phi) is 5.79. The van der Waals surface area contributed by atoms with Gasteiger partial charge in [0.05, 0.1) is 16.3 Å². The zero-order valence-electron chi connectivity index (χ0n) is 14.3. The highest BCUT2D eigenvalue weighted by molar-refractivity contribution is 7.92. The largest absolute Gasteiger partial charge is 0.324 e. The molecule has 2 rings (SSSR count). The fraction of sp³-hybridized carbons (Fsp3) is 0.278. The van der Waals surface area contributed by atoms with Gasteiger partial charge in [-0.3, -0.25) is 9.52 Å². The van der Waals surface area contributed by atoms with Gasteiger partial charge < -0.3 is 5.32 Å². The smallest absolute Gasteiger partial charge is 0.261 e. The van der Waals surface area contributed by atoms with Crippen molar-refractivity contribution in [3.63, 3.8) is 0 Å². The van der Waals surface area contributed by atoms with E-state index in [0.29, 0.717) is 5.92 Å². The summed E-state index contributed by atoms with van der Waals surface area (Å²) in [6.45, 7) is 5.39. The molecule has 2 N–H and O–H groups in total. The average molecular weight is 364 g/mol. The van der Waals surface area contributed by atoms with Crippen molar-refractivity contribution in [2.75, 3.05) is 10.0 Å². The SMILES string of the molecule is CC[C@H](C)c1ccc(S(=O)(=O)Nc2ccc(F)c(NC(C)=O)c2)cc1. The number of carbonyl (C=O) groups is 1. The lowest BCUT2D eigenvalue weighted by atomic mass is 9.99. The number of rotatable bonds is 6. The molecule has 0 unspecified atom stereocenters. The number of sulfonamides is 1. The van der Waals surface area contributed by atoms with Crippen LogP contribution in [0.25, 0.3) is 0 Å². The van der Waals surface area contributed by atoms with Gasteiger partial charge in [0.15, 0.2) is 0 Å². The molecule has 0 radical (unpaired) electrons. The molecule has 5 nitrogen and oxygen atoms in total. The summed E-state index contributed by atoms with van der Waals surface area (Å²) in [5.41, 5.74) is 1.15. The van der Waals surface area contributed by atoms with Gasteiger partial charge in [-0.2, -0.15) is 0 Å². The molecule has 2 aromatic rings. The highest BCUT2D eigenvalue weighted by Crippen LogP contribution is 2.24. The molecule has 0 aliphatic rings. The first-order valence-electron chi connectivity index (χ1n) is 7.93. The van der Waals surface area contributed by atoms with E-state index in [1.807, 2.05) is 0 Å². The van der Waals surface area contributed by atoms with Crippen LogP contribution in [0.5, 0.6) is 0 Å². The van der Waals surface area contributed by atoms with Crippen LogP contribution < -0.4 is 10.0 Å². The van der Waals surface area contributed by atoms with Crippen LogP contribution in [0.2, 0.25) is 0 Å². The summed E-state index contributed by atoms with van der Waals surface area (Å²) in [6, 6.07) is 10.3. The van der Waals surface area contributed by atoms with Gasteiger partial charge in [-0.15, -0.1) is 0 Å². The Morgan fingerprint density at radius 3 is 2.36 bits per heavy atom. The number of nitrogens with one attached hydrogen (secondary N) is 2.